The molecule has 1 unspecified atom stereocenters. The van der Waals surface area contributed by atoms with Crippen LogP contribution < -0.4 is 5.73 Å². The zero-order valence-corrected chi connectivity index (χ0v) is 12.1. The summed E-state index contributed by atoms with van der Waals surface area (Å²) in [5.41, 5.74) is 6.49. The summed E-state index contributed by atoms with van der Waals surface area (Å²) in [5.74, 6) is 4.48. The van der Waals surface area contributed by atoms with E-state index in [-0.39, 0.29) is 6.04 Å². The summed E-state index contributed by atoms with van der Waals surface area (Å²) < 4.78 is 0. The highest BCUT2D eigenvalue weighted by Crippen LogP contribution is 2.61. The minimum atomic E-state index is 0.261. The van der Waals surface area contributed by atoms with Gasteiger partial charge in [0.2, 0.25) is 0 Å². The molecule has 0 spiro atoms. The molecule has 1 aliphatic heterocycles. The van der Waals surface area contributed by atoms with Crippen LogP contribution in [0.3, 0.4) is 0 Å². The molecule has 3 nitrogen and oxygen atoms in total. The second-order valence-electron chi connectivity index (χ2n) is 7.83. The Hall–Kier alpha value is -0.570. The van der Waals surface area contributed by atoms with Crippen molar-refractivity contribution < 1.29 is 0 Å². The van der Waals surface area contributed by atoms with Crippen LogP contribution in [-0.4, -0.2) is 36.4 Å². The highest BCUT2D eigenvalue weighted by Gasteiger charge is 2.54. The molecule has 5 rings (SSSR count). The third-order valence-electron chi connectivity index (χ3n) is 5.95. The van der Waals surface area contributed by atoms with Crippen LogP contribution in [0.2, 0.25) is 0 Å². The van der Waals surface area contributed by atoms with Gasteiger partial charge < -0.3 is 10.6 Å². The van der Waals surface area contributed by atoms with Gasteiger partial charge in [-0.1, -0.05) is 0 Å². The zero-order chi connectivity index (χ0) is 13.0. The minimum absolute atomic E-state index is 0.261. The van der Waals surface area contributed by atoms with Crippen LogP contribution in [0.25, 0.3) is 0 Å². The molecule has 19 heavy (non-hydrogen) atoms. The summed E-state index contributed by atoms with van der Waals surface area (Å²) >= 11 is 0. The molecule has 4 bridgehead atoms. The fourth-order valence-electron chi connectivity index (χ4n) is 5.90. The first-order chi connectivity index (χ1) is 9.14. The lowest BCUT2D eigenvalue weighted by Crippen LogP contribution is -2.54. The molecule has 1 atom stereocenters. The summed E-state index contributed by atoms with van der Waals surface area (Å²) in [6.45, 7) is 5.23. The molecule has 0 aromatic rings. The Morgan fingerprint density at radius 1 is 1.21 bits per heavy atom. The summed E-state index contributed by atoms with van der Waals surface area (Å²) in [7, 11) is 0. The van der Waals surface area contributed by atoms with E-state index in [1.165, 1.54) is 44.4 Å². The SMILES string of the molecule is CC(N)CN1CCN=C1C12CC3CC(CC(C3)C1)C2. The van der Waals surface area contributed by atoms with E-state index in [4.69, 9.17) is 10.7 Å². The molecule has 4 saturated carbocycles. The number of rotatable bonds is 3. The van der Waals surface area contributed by atoms with Gasteiger partial charge in [-0.25, -0.2) is 0 Å². The van der Waals surface area contributed by atoms with Gasteiger partial charge in [-0.3, -0.25) is 4.99 Å². The molecule has 0 saturated heterocycles. The number of nitrogens with zero attached hydrogens (tertiary/aromatic N) is 2. The third kappa shape index (κ3) is 1.93. The van der Waals surface area contributed by atoms with Crippen molar-refractivity contribution in [2.75, 3.05) is 19.6 Å². The summed E-state index contributed by atoms with van der Waals surface area (Å²) in [4.78, 5) is 7.47. The highest BCUT2D eigenvalue weighted by molar-refractivity contribution is 5.90. The van der Waals surface area contributed by atoms with Crippen LogP contribution in [0, 0.1) is 23.2 Å². The van der Waals surface area contributed by atoms with Crippen LogP contribution in [-0.2, 0) is 0 Å². The van der Waals surface area contributed by atoms with Gasteiger partial charge in [0.05, 0.1) is 6.54 Å². The molecule has 5 aliphatic rings. The summed E-state index contributed by atoms with van der Waals surface area (Å²) in [6.07, 6.45) is 8.81. The molecule has 0 amide bonds. The van der Waals surface area contributed by atoms with Crippen LogP contribution in [0.15, 0.2) is 4.99 Å². The summed E-state index contributed by atoms with van der Waals surface area (Å²) in [6, 6.07) is 0.261. The molecule has 4 aliphatic carbocycles. The maximum atomic E-state index is 6.03. The Kier molecular flexibility index (Phi) is 2.70. The van der Waals surface area contributed by atoms with Gasteiger partial charge in [0, 0.05) is 24.5 Å². The normalized spacial score (nSPS) is 45.7. The van der Waals surface area contributed by atoms with E-state index in [0.717, 1.165) is 37.4 Å². The van der Waals surface area contributed by atoms with E-state index in [9.17, 15) is 0 Å². The number of hydrogen-bond donors (Lipinski definition) is 1. The molecule has 1 heterocycles. The highest BCUT2D eigenvalue weighted by atomic mass is 15.3. The van der Waals surface area contributed by atoms with Crippen molar-refractivity contribution in [1.82, 2.24) is 4.90 Å². The maximum Gasteiger partial charge on any atom is 0.105 e. The quantitative estimate of drug-likeness (QED) is 0.846. The second-order valence-corrected chi connectivity index (χ2v) is 7.83. The lowest BCUT2D eigenvalue weighted by atomic mass is 9.49. The van der Waals surface area contributed by atoms with Gasteiger partial charge in [0.15, 0.2) is 0 Å². The molecule has 4 fully saturated rings. The van der Waals surface area contributed by atoms with Crippen molar-refractivity contribution in [2.24, 2.45) is 33.9 Å². The van der Waals surface area contributed by atoms with Crippen LogP contribution in [0.1, 0.15) is 45.4 Å². The Labute approximate surface area is 116 Å². The molecule has 106 valence electrons. The molecule has 0 aromatic carbocycles. The average Bonchev–Trinajstić information content (AvgIpc) is 2.74. The Morgan fingerprint density at radius 2 is 1.79 bits per heavy atom. The number of aliphatic imine (C=N–C) groups is 1. The number of nitrogens with two attached hydrogens (primary N) is 1. The topological polar surface area (TPSA) is 41.6 Å². The molecular formula is C16H27N3. The van der Waals surface area contributed by atoms with Crippen molar-refractivity contribution in [1.29, 1.82) is 0 Å². The van der Waals surface area contributed by atoms with Crippen molar-refractivity contribution in [3.8, 4) is 0 Å². The van der Waals surface area contributed by atoms with Crippen LogP contribution in [0.5, 0.6) is 0 Å². The van der Waals surface area contributed by atoms with E-state index < -0.39 is 0 Å². The zero-order valence-electron chi connectivity index (χ0n) is 12.1. The molecule has 0 radical (unpaired) electrons. The van der Waals surface area contributed by atoms with E-state index in [0.29, 0.717) is 5.41 Å². The Bertz CT molecular complexity index is 364. The van der Waals surface area contributed by atoms with Crippen LogP contribution in [0.4, 0.5) is 0 Å². The van der Waals surface area contributed by atoms with E-state index >= 15 is 0 Å². The lowest BCUT2D eigenvalue weighted by molar-refractivity contribution is -0.0175. The maximum absolute atomic E-state index is 6.03. The van der Waals surface area contributed by atoms with Gasteiger partial charge in [0.1, 0.15) is 5.84 Å². The third-order valence-corrected chi connectivity index (χ3v) is 5.95. The van der Waals surface area contributed by atoms with Gasteiger partial charge in [0.25, 0.3) is 0 Å². The molecule has 3 heteroatoms. The number of amidine groups is 1. The Balaban J connectivity index is 1.61. The van der Waals surface area contributed by atoms with Gasteiger partial charge in [-0.05, 0) is 63.2 Å². The van der Waals surface area contributed by atoms with E-state index in [1.807, 2.05) is 0 Å². The number of hydrogen-bond acceptors (Lipinski definition) is 3. The van der Waals surface area contributed by atoms with E-state index in [2.05, 4.69) is 11.8 Å². The fourth-order valence-corrected chi connectivity index (χ4v) is 5.90. The Morgan fingerprint density at radius 3 is 2.32 bits per heavy atom. The van der Waals surface area contributed by atoms with Crippen molar-refractivity contribution in [3.63, 3.8) is 0 Å². The predicted molar refractivity (Wildman–Crippen MR) is 78.1 cm³/mol. The standard InChI is InChI=1S/C16H27N3/c1-11(17)10-19-3-2-18-15(19)16-7-12-4-13(8-16)6-14(5-12)9-16/h11-14H,2-10,17H2,1H3. The van der Waals surface area contributed by atoms with Crippen molar-refractivity contribution in [3.05, 3.63) is 0 Å². The predicted octanol–water partition coefficient (Wildman–Crippen LogP) is 2.26. The van der Waals surface area contributed by atoms with Crippen molar-refractivity contribution in [2.45, 2.75) is 51.5 Å². The summed E-state index contributed by atoms with van der Waals surface area (Å²) in [5, 5.41) is 0. The van der Waals surface area contributed by atoms with Gasteiger partial charge in [-0.15, -0.1) is 0 Å². The monoisotopic (exact) mass is 261 g/mol. The first-order valence-electron chi connectivity index (χ1n) is 8.20. The second kappa shape index (κ2) is 4.21. The molecular weight excluding hydrogens is 234 g/mol. The largest absolute Gasteiger partial charge is 0.357 e. The first kappa shape index (κ1) is 12.2. The lowest BCUT2D eigenvalue weighted by Gasteiger charge is -2.57. The average molecular weight is 261 g/mol. The molecule has 2 N–H and O–H groups in total. The van der Waals surface area contributed by atoms with E-state index in [1.54, 1.807) is 0 Å². The van der Waals surface area contributed by atoms with Gasteiger partial charge in [-0.2, -0.15) is 0 Å². The minimum Gasteiger partial charge on any atom is -0.357 e. The molecule has 0 aromatic heterocycles. The smallest absolute Gasteiger partial charge is 0.105 e. The fraction of sp³-hybridized carbons (Fsp3) is 0.938. The van der Waals surface area contributed by atoms with Crippen molar-refractivity contribution >= 4 is 5.84 Å². The van der Waals surface area contributed by atoms with Crippen LogP contribution >= 0.6 is 0 Å². The van der Waals surface area contributed by atoms with Gasteiger partial charge >= 0.3 is 0 Å². The first-order valence-corrected chi connectivity index (χ1v) is 8.20.